The van der Waals surface area contributed by atoms with Crippen LogP contribution < -0.4 is 11.0 Å². The van der Waals surface area contributed by atoms with E-state index in [0.717, 1.165) is 5.56 Å². The number of aryl methyl sites for hydroxylation is 2. The number of carbonyl (C=O) groups excluding carboxylic acids is 2. The molecule has 0 atom stereocenters. The van der Waals surface area contributed by atoms with Crippen LogP contribution in [0.4, 0.5) is 0 Å². The van der Waals surface area contributed by atoms with Gasteiger partial charge in [-0.2, -0.15) is 4.99 Å². The first kappa shape index (κ1) is 20.2. The van der Waals surface area contributed by atoms with Crippen LogP contribution in [0.2, 0.25) is 0 Å². The number of amides is 1. The molecule has 0 fully saturated rings. The lowest BCUT2D eigenvalue weighted by Gasteiger charge is -2.11. The predicted molar refractivity (Wildman–Crippen MR) is 115 cm³/mol. The van der Waals surface area contributed by atoms with Crippen molar-refractivity contribution < 1.29 is 14.3 Å². The number of rotatable bonds is 3. The van der Waals surface area contributed by atoms with E-state index in [9.17, 15) is 14.4 Å². The maximum atomic E-state index is 13.0. The summed E-state index contributed by atoms with van der Waals surface area (Å²) in [5, 5.41) is 0.219. The normalized spacial score (nSPS) is 11.8. The summed E-state index contributed by atoms with van der Waals surface area (Å²) < 4.78 is 8.03. The minimum atomic E-state index is -0.672. The van der Waals surface area contributed by atoms with E-state index in [2.05, 4.69) is 9.98 Å². The first-order chi connectivity index (χ1) is 14.9. The molecule has 4 aromatic rings. The van der Waals surface area contributed by atoms with E-state index in [1.807, 2.05) is 19.1 Å². The molecule has 0 radical (unpaired) electrons. The van der Waals surface area contributed by atoms with E-state index in [0.29, 0.717) is 16.9 Å². The van der Waals surface area contributed by atoms with Gasteiger partial charge in [0.15, 0.2) is 5.49 Å². The SMILES string of the molecule is CCOC(=O)c1cc2c(=O)n3ccccc3nc2n(C)c1=NC(=O)c1ccccc1C. The van der Waals surface area contributed by atoms with Gasteiger partial charge in [0.25, 0.3) is 11.5 Å². The van der Waals surface area contributed by atoms with Crippen molar-refractivity contribution in [3.63, 3.8) is 0 Å². The third-order valence-electron chi connectivity index (χ3n) is 4.99. The quantitative estimate of drug-likeness (QED) is 0.378. The summed E-state index contributed by atoms with van der Waals surface area (Å²) in [6, 6.07) is 13.6. The second-order valence-corrected chi connectivity index (χ2v) is 6.98. The van der Waals surface area contributed by atoms with Crippen molar-refractivity contribution in [3.8, 4) is 0 Å². The number of carbonyl (C=O) groups is 2. The number of fused-ring (bicyclic) bond motifs is 2. The van der Waals surface area contributed by atoms with Crippen LogP contribution in [-0.2, 0) is 11.8 Å². The van der Waals surface area contributed by atoms with Crippen LogP contribution in [0.1, 0.15) is 33.2 Å². The van der Waals surface area contributed by atoms with Gasteiger partial charge in [0.2, 0.25) is 0 Å². The molecule has 0 N–H and O–H groups in total. The Hall–Kier alpha value is -4.07. The summed E-state index contributed by atoms with van der Waals surface area (Å²) in [5.41, 5.74) is 1.69. The Labute approximate surface area is 177 Å². The van der Waals surface area contributed by atoms with Gasteiger partial charge in [0.1, 0.15) is 16.9 Å². The zero-order valence-electron chi connectivity index (χ0n) is 17.3. The molecule has 0 aliphatic carbocycles. The first-order valence-electron chi connectivity index (χ1n) is 9.75. The molecule has 3 heterocycles. The van der Waals surface area contributed by atoms with Crippen LogP contribution in [0.15, 0.2) is 64.5 Å². The van der Waals surface area contributed by atoms with E-state index >= 15 is 0 Å². The third-order valence-corrected chi connectivity index (χ3v) is 4.99. The molecule has 0 saturated carbocycles. The lowest BCUT2D eigenvalue weighted by molar-refractivity contribution is 0.0523. The highest BCUT2D eigenvalue weighted by atomic mass is 16.5. The number of ether oxygens (including phenoxy) is 1. The van der Waals surface area contributed by atoms with Crippen LogP contribution in [-0.4, -0.2) is 32.4 Å². The molecule has 8 nitrogen and oxygen atoms in total. The summed E-state index contributed by atoms with van der Waals surface area (Å²) in [6.07, 6.45) is 1.61. The van der Waals surface area contributed by atoms with Gasteiger partial charge in [-0.1, -0.05) is 24.3 Å². The van der Waals surface area contributed by atoms with Crippen molar-refractivity contribution in [2.24, 2.45) is 12.0 Å². The predicted octanol–water partition coefficient (Wildman–Crippen LogP) is 2.41. The van der Waals surface area contributed by atoms with Crippen LogP contribution in [0.25, 0.3) is 16.7 Å². The zero-order chi connectivity index (χ0) is 22.1. The van der Waals surface area contributed by atoms with Gasteiger partial charge in [0.05, 0.1) is 12.0 Å². The smallest absolute Gasteiger partial charge is 0.341 e. The summed E-state index contributed by atoms with van der Waals surface area (Å²) in [6.45, 7) is 3.63. The Morgan fingerprint density at radius 1 is 1.10 bits per heavy atom. The van der Waals surface area contributed by atoms with Crippen molar-refractivity contribution in [3.05, 3.63) is 87.3 Å². The largest absolute Gasteiger partial charge is 0.462 e. The molecule has 3 aromatic heterocycles. The molecule has 31 heavy (non-hydrogen) atoms. The average Bonchev–Trinajstić information content (AvgIpc) is 2.76. The standard InChI is InChI=1S/C23H20N4O4/c1-4-31-23(30)17-13-16-19(24-18-11-7-8-12-27(18)22(16)29)26(3)20(17)25-21(28)15-10-6-5-9-14(15)2/h5-13H,4H2,1-3H3. The summed E-state index contributed by atoms with van der Waals surface area (Å²) in [5.74, 6) is -1.18. The minimum Gasteiger partial charge on any atom is -0.462 e. The molecular weight excluding hydrogens is 396 g/mol. The van der Waals surface area contributed by atoms with Gasteiger partial charge in [0, 0.05) is 18.8 Å². The molecule has 0 aliphatic heterocycles. The molecule has 8 heteroatoms. The average molecular weight is 416 g/mol. The van der Waals surface area contributed by atoms with E-state index in [1.54, 1.807) is 50.5 Å². The number of benzene rings is 1. The maximum absolute atomic E-state index is 13.0. The van der Waals surface area contributed by atoms with Gasteiger partial charge >= 0.3 is 5.97 Å². The molecule has 0 unspecified atom stereocenters. The second-order valence-electron chi connectivity index (χ2n) is 6.98. The Morgan fingerprint density at radius 3 is 2.58 bits per heavy atom. The van der Waals surface area contributed by atoms with Crippen molar-refractivity contribution in [1.82, 2.24) is 14.0 Å². The molecule has 4 rings (SSSR count). The van der Waals surface area contributed by atoms with Crippen LogP contribution in [0.5, 0.6) is 0 Å². The molecule has 0 spiro atoms. The van der Waals surface area contributed by atoms with E-state index < -0.39 is 11.9 Å². The third kappa shape index (κ3) is 3.52. The van der Waals surface area contributed by atoms with Crippen LogP contribution in [0, 0.1) is 6.92 Å². The highest BCUT2D eigenvalue weighted by Crippen LogP contribution is 2.12. The Bertz CT molecular complexity index is 1480. The number of hydrogen-bond acceptors (Lipinski definition) is 5. The van der Waals surface area contributed by atoms with E-state index in [-0.39, 0.29) is 28.6 Å². The second kappa shape index (κ2) is 7.98. The summed E-state index contributed by atoms with van der Waals surface area (Å²) >= 11 is 0. The van der Waals surface area contributed by atoms with Gasteiger partial charge in [-0.15, -0.1) is 0 Å². The minimum absolute atomic E-state index is 0.0218. The summed E-state index contributed by atoms with van der Waals surface area (Å²) in [7, 11) is 1.61. The molecule has 1 aromatic carbocycles. The van der Waals surface area contributed by atoms with Crippen molar-refractivity contribution in [1.29, 1.82) is 0 Å². The Balaban J connectivity index is 2.08. The van der Waals surface area contributed by atoms with Crippen molar-refractivity contribution in [2.45, 2.75) is 13.8 Å². The maximum Gasteiger partial charge on any atom is 0.341 e. The fraction of sp³-hybridized carbons (Fsp3) is 0.174. The highest BCUT2D eigenvalue weighted by Gasteiger charge is 2.19. The fourth-order valence-corrected chi connectivity index (χ4v) is 3.43. The number of nitrogens with zero attached hydrogens (tertiary/aromatic N) is 4. The number of aromatic nitrogens is 3. The van der Waals surface area contributed by atoms with E-state index in [4.69, 9.17) is 4.74 Å². The Kier molecular flexibility index (Phi) is 5.21. The monoisotopic (exact) mass is 416 g/mol. The fourth-order valence-electron chi connectivity index (χ4n) is 3.43. The lowest BCUT2D eigenvalue weighted by Crippen LogP contribution is -2.31. The van der Waals surface area contributed by atoms with Crippen LogP contribution >= 0.6 is 0 Å². The number of pyridine rings is 2. The van der Waals surface area contributed by atoms with E-state index in [1.165, 1.54) is 15.0 Å². The summed E-state index contributed by atoms with van der Waals surface area (Å²) in [4.78, 5) is 47.4. The molecule has 0 aliphatic rings. The van der Waals surface area contributed by atoms with Crippen molar-refractivity contribution in [2.75, 3.05) is 6.61 Å². The molecule has 0 bridgehead atoms. The van der Waals surface area contributed by atoms with Gasteiger partial charge in [-0.25, -0.2) is 9.78 Å². The van der Waals surface area contributed by atoms with Gasteiger partial charge in [-0.05, 0) is 43.7 Å². The molecular formula is C23H20N4O4. The van der Waals surface area contributed by atoms with Gasteiger partial charge in [-0.3, -0.25) is 14.0 Å². The van der Waals surface area contributed by atoms with Gasteiger partial charge < -0.3 is 9.30 Å². The lowest BCUT2D eigenvalue weighted by atomic mass is 10.1. The first-order valence-corrected chi connectivity index (χ1v) is 9.75. The van der Waals surface area contributed by atoms with Crippen molar-refractivity contribution >= 4 is 28.6 Å². The topological polar surface area (TPSA) is 95.0 Å². The molecule has 1 amide bonds. The molecule has 0 saturated heterocycles. The number of hydrogen-bond donors (Lipinski definition) is 0. The molecule has 156 valence electrons. The highest BCUT2D eigenvalue weighted by molar-refractivity contribution is 5.98. The zero-order valence-corrected chi connectivity index (χ0v) is 17.3. The Morgan fingerprint density at radius 2 is 1.84 bits per heavy atom. The number of esters is 1. The van der Waals surface area contributed by atoms with Crippen LogP contribution in [0.3, 0.4) is 0 Å².